The van der Waals surface area contributed by atoms with E-state index in [1.165, 1.54) is 24.3 Å². The highest BCUT2D eigenvalue weighted by molar-refractivity contribution is 6.00. The first kappa shape index (κ1) is 21.3. The number of carbonyl (C=O) groups excluding carboxylic acids is 1. The number of pyridine rings is 1. The average molecular weight is 457 g/mol. The SMILES string of the molecule is O=C(c1cc(F)ccc1-c1ncccn1)N1C[C@H]2C[C@@H](Nc3ccc(C(F)(F)F)cn3)[C@@H]1C2. The fraction of sp³-hybridized carbons (Fsp3) is 0.304. The molecule has 0 unspecified atom stereocenters. The highest BCUT2D eigenvalue weighted by atomic mass is 19.4. The van der Waals surface area contributed by atoms with E-state index in [1.54, 1.807) is 23.4 Å². The number of anilines is 1. The van der Waals surface area contributed by atoms with Crippen LogP contribution < -0.4 is 5.32 Å². The molecule has 1 aliphatic heterocycles. The number of likely N-dealkylation sites (tertiary alicyclic amines) is 1. The van der Waals surface area contributed by atoms with Crippen molar-refractivity contribution in [1.29, 1.82) is 0 Å². The molecule has 1 aromatic carbocycles. The van der Waals surface area contributed by atoms with Gasteiger partial charge in [0, 0.05) is 36.7 Å². The smallest absolute Gasteiger partial charge is 0.365 e. The summed E-state index contributed by atoms with van der Waals surface area (Å²) in [6.45, 7) is 0.535. The van der Waals surface area contributed by atoms with E-state index in [1.807, 2.05) is 0 Å². The number of carbonyl (C=O) groups is 1. The Bertz CT molecular complexity index is 1170. The summed E-state index contributed by atoms with van der Waals surface area (Å²) in [6, 6.07) is 7.52. The lowest BCUT2D eigenvalue weighted by atomic mass is 10.0. The molecule has 0 spiro atoms. The van der Waals surface area contributed by atoms with Crippen molar-refractivity contribution in [2.45, 2.75) is 31.1 Å². The van der Waals surface area contributed by atoms with Crippen molar-refractivity contribution in [3.8, 4) is 11.4 Å². The lowest BCUT2D eigenvalue weighted by Crippen LogP contribution is -2.47. The standard InChI is InChI=1S/C23H19F4N5O/c24-15-3-4-16(21-28-6-1-7-29-21)17(10-15)22(33)32-12-13-8-18(19(32)9-13)31-20-5-2-14(11-30-20)23(25,26)27/h1-7,10-11,13,18-19H,8-9,12H2,(H,30,31)/t13-,18+,19-/m0/s1. The van der Waals surface area contributed by atoms with Crippen LogP contribution >= 0.6 is 0 Å². The van der Waals surface area contributed by atoms with Gasteiger partial charge < -0.3 is 10.2 Å². The molecule has 33 heavy (non-hydrogen) atoms. The quantitative estimate of drug-likeness (QED) is 0.588. The van der Waals surface area contributed by atoms with Gasteiger partial charge in [-0.3, -0.25) is 4.79 Å². The van der Waals surface area contributed by atoms with Crippen molar-refractivity contribution >= 4 is 11.7 Å². The number of rotatable bonds is 4. The Morgan fingerprint density at radius 2 is 1.85 bits per heavy atom. The summed E-state index contributed by atoms with van der Waals surface area (Å²) in [4.78, 5) is 27.4. The van der Waals surface area contributed by atoms with Gasteiger partial charge in [-0.15, -0.1) is 0 Å². The molecular weight excluding hydrogens is 438 g/mol. The summed E-state index contributed by atoms with van der Waals surface area (Å²) in [5, 5.41) is 3.17. The molecule has 1 aliphatic carbocycles. The monoisotopic (exact) mass is 457 g/mol. The number of hydrogen-bond acceptors (Lipinski definition) is 5. The van der Waals surface area contributed by atoms with Gasteiger partial charge in [-0.1, -0.05) is 0 Å². The number of piperidine rings is 1. The predicted molar refractivity (Wildman–Crippen MR) is 112 cm³/mol. The van der Waals surface area contributed by atoms with Crippen LogP contribution in [0.4, 0.5) is 23.4 Å². The van der Waals surface area contributed by atoms with Gasteiger partial charge in [0.2, 0.25) is 0 Å². The zero-order valence-electron chi connectivity index (χ0n) is 17.3. The molecule has 2 fully saturated rings. The summed E-state index contributed by atoms with van der Waals surface area (Å²) >= 11 is 0. The second kappa shape index (κ2) is 8.09. The van der Waals surface area contributed by atoms with Gasteiger partial charge in [-0.25, -0.2) is 19.3 Å². The summed E-state index contributed by atoms with van der Waals surface area (Å²) in [7, 11) is 0. The number of fused-ring (bicyclic) bond motifs is 2. The van der Waals surface area contributed by atoms with Crippen LogP contribution in [0, 0.1) is 11.7 Å². The molecule has 0 radical (unpaired) electrons. The zero-order valence-corrected chi connectivity index (χ0v) is 17.3. The first-order chi connectivity index (χ1) is 15.8. The maximum Gasteiger partial charge on any atom is 0.417 e. The highest BCUT2D eigenvalue weighted by Gasteiger charge is 2.47. The number of alkyl halides is 3. The summed E-state index contributed by atoms with van der Waals surface area (Å²) in [5.74, 6) is 0.0316. The van der Waals surface area contributed by atoms with Crippen molar-refractivity contribution in [2.75, 3.05) is 11.9 Å². The number of amides is 1. The zero-order chi connectivity index (χ0) is 23.2. The van der Waals surface area contributed by atoms with Gasteiger partial charge in [0.1, 0.15) is 11.6 Å². The first-order valence-electron chi connectivity index (χ1n) is 10.5. The maximum atomic E-state index is 14.1. The van der Waals surface area contributed by atoms with Crippen molar-refractivity contribution in [3.63, 3.8) is 0 Å². The molecule has 2 bridgehead atoms. The van der Waals surface area contributed by atoms with Crippen LogP contribution in [0.1, 0.15) is 28.8 Å². The summed E-state index contributed by atoms with van der Waals surface area (Å²) < 4.78 is 52.4. The van der Waals surface area contributed by atoms with Crippen LogP contribution in [0.5, 0.6) is 0 Å². The van der Waals surface area contributed by atoms with Gasteiger partial charge in [0.05, 0.1) is 17.2 Å². The Hall–Kier alpha value is -3.56. The number of hydrogen-bond donors (Lipinski definition) is 1. The second-order valence-electron chi connectivity index (χ2n) is 8.31. The Balaban J connectivity index is 1.37. The molecule has 1 amide bonds. The molecule has 3 aromatic rings. The topological polar surface area (TPSA) is 71.0 Å². The Morgan fingerprint density at radius 3 is 2.52 bits per heavy atom. The number of aromatic nitrogens is 3. The van der Waals surface area contributed by atoms with Gasteiger partial charge in [0.25, 0.3) is 5.91 Å². The average Bonchev–Trinajstić information content (AvgIpc) is 3.39. The van der Waals surface area contributed by atoms with E-state index in [0.29, 0.717) is 23.8 Å². The largest absolute Gasteiger partial charge is 0.417 e. The molecule has 5 rings (SSSR count). The van der Waals surface area contributed by atoms with Crippen LogP contribution in [0.2, 0.25) is 0 Å². The number of nitrogens with one attached hydrogen (secondary N) is 1. The fourth-order valence-electron chi connectivity index (χ4n) is 4.73. The molecule has 1 saturated heterocycles. The van der Waals surface area contributed by atoms with E-state index >= 15 is 0 Å². The second-order valence-corrected chi connectivity index (χ2v) is 8.31. The molecule has 10 heteroatoms. The third kappa shape index (κ3) is 4.12. The van der Waals surface area contributed by atoms with Gasteiger partial charge in [0.15, 0.2) is 5.82 Å². The van der Waals surface area contributed by atoms with Crippen LogP contribution in [0.15, 0.2) is 55.0 Å². The molecule has 3 heterocycles. The summed E-state index contributed by atoms with van der Waals surface area (Å²) in [6.07, 6.45) is 0.971. The number of nitrogens with zero attached hydrogens (tertiary/aromatic N) is 4. The van der Waals surface area contributed by atoms with Crippen molar-refractivity contribution in [2.24, 2.45) is 5.92 Å². The van der Waals surface area contributed by atoms with Crippen LogP contribution in [-0.4, -0.2) is 44.4 Å². The molecule has 170 valence electrons. The lowest BCUT2D eigenvalue weighted by molar-refractivity contribution is -0.137. The van der Waals surface area contributed by atoms with Crippen molar-refractivity contribution in [3.05, 3.63) is 71.9 Å². The van der Waals surface area contributed by atoms with Crippen LogP contribution in [0.3, 0.4) is 0 Å². The van der Waals surface area contributed by atoms with Crippen LogP contribution in [0.25, 0.3) is 11.4 Å². The van der Waals surface area contributed by atoms with E-state index in [-0.39, 0.29) is 29.5 Å². The van der Waals surface area contributed by atoms with E-state index in [2.05, 4.69) is 20.3 Å². The predicted octanol–water partition coefficient (Wildman–Crippen LogP) is 4.41. The highest BCUT2D eigenvalue weighted by Crippen LogP contribution is 2.40. The van der Waals surface area contributed by atoms with Crippen molar-refractivity contribution < 1.29 is 22.4 Å². The molecule has 2 aromatic heterocycles. The van der Waals surface area contributed by atoms with E-state index in [4.69, 9.17) is 0 Å². The summed E-state index contributed by atoms with van der Waals surface area (Å²) in [5.41, 5.74) is -0.196. The van der Waals surface area contributed by atoms with Gasteiger partial charge in [-0.2, -0.15) is 13.2 Å². The Labute approximate surface area is 186 Å². The van der Waals surface area contributed by atoms with Gasteiger partial charge in [-0.05, 0) is 55.2 Å². The molecule has 6 nitrogen and oxygen atoms in total. The molecule has 3 atom stereocenters. The van der Waals surface area contributed by atoms with Crippen LogP contribution in [-0.2, 0) is 6.18 Å². The Morgan fingerprint density at radius 1 is 1.06 bits per heavy atom. The molecule has 1 N–H and O–H groups in total. The number of halogens is 4. The maximum absolute atomic E-state index is 14.1. The first-order valence-corrected chi connectivity index (χ1v) is 10.5. The van der Waals surface area contributed by atoms with Crippen molar-refractivity contribution in [1.82, 2.24) is 19.9 Å². The minimum Gasteiger partial charge on any atom is -0.365 e. The van der Waals surface area contributed by atoms with E-state index < -0.39 is 17.6 Å². The third-order valence-electron chi connectivity index (χ3n) is 6.19. The third-order valence-corrected chi connectivity index (χ3v) is 6.19. The molecule has 2 aliphatic rings. The minimum atomic E-state index is -4.45. The Kier molecular flexibility index (Phi) is 5.22. The number of benzene rings is 1. The van der Waals surface area contributed by atoms with E-state index in [0.717, 1.165) is 25.1 Å². The van der Waals surface area contributed by atoms with E-state index in [9.17, 15) is 22.4 Å². The molecule has 1 saturated carbocycles. The fourth-order valence-corrected chi connectivity index (χ4v) is 4.73. The lowest BCUT2D eigenvalue weighted by Gasteiger charge is -2.34. The normalized spacial score (nSPS) is 21.9. The minimum absolute atomic E-state index is 0.165. The molecular formula is C23H19F4N5O. The van der Waals surface area contributed by atoms with Gasteiger partial charge >= 0.3 is 6.18 Å².